The van der Waals surface area contributed by atoms with Gasteiger partial charge in [0.05, 0.1) is 10.2 Å². The monoisotopic (exact) mass is 541 g/mol. The van der Waals surface area contributed by atoms with E-state index < -0.39 is 0 Å². The third kappa shape index (κ3) is 3.06. The SMILES string of the molecule is C=C/C=C\c1c(C)n(-c2nc(Cl)nc3c2oc2ccccc23)c2c3sc4ccccc4c3c3ccccc3c12. The van der Waals surface area contributed by atoms with Gasteiger partial charge in [-0.25, -0.2) is 4.98 Å². The van der Waals surface area contributed by atoms with Crippen molar-refractivity contribution in [3.8, 4) is 5.82 Å². The Bertz CT molecular complexity index is 2340. The number of thiophene rings is 1. The molecule has 4 aromatic heterocycles. The third-order valence-electron chi connectivity index (χ3n) is 7.52. The zero-order valence-electron chi connectivity index (χ0n) is 20.9. The lowest BCUT2D eigenvalue weighted by molar-refractivity contribution is 0.661. The maximum absolute atomic E-state index is 6.60. The normalized spacial score (nSPS) is 12.4. The Balaban J connectivity index is 1.67. The van der Waals surface area contributed by atoms with Gasteiger partial charge in [-0.3, -0.25) is 4.57 Å². The third-order valence-corrected chi connectivity index (χ3v) is 8.86. The van der Waals surface area contributed by atoms with E-state index in [0.29, 0.717) is 16.9 Å². The minimum absolute atomic E-state index is 0.182. The molecular formula is C33H20ClN3OS. The molecule has 0 bridgehead atoms. The predicted octanol–water partition coefficient (Wildman–Crippen LogP) is 10.0. The number of hydrogen-bond acceptors (Lipinski definition) is 4. The number of rotatable bonds is 3. The Morgan fingerprint density at radius 2 is 1.56 bits per heavy atom. The number of para-hydroxylation sites is 1. The van der Waals surface area contributed by atoms with Crippen LogP contribution in [0.2, 0.25) is 5.28 Å². The molecule has 0 N–H and O–H groups in total. The molecule has 8 rings (SSSR count). The van der Waals surface area contributed by atoms with Gasteiger partial charge in [0.2, 0.25) is 5.28 Å². The maximum Gasteiger partial charge on any atom is 0.225 e. The van der Waals surface area contributed by atoms with Crippen LogP contribution >= 0.6 is 22.9 Å². The van der Waals surface area contributed by atoms with Gasteiger partial charge in [0, 0.05) is 37.5 Å². The van der Waals surface area contributed by atoms with Crippen molar-refractivity contribution in [3.63, 3.8) is 0 Å². The predicted molar refractivity (Wildman–Crippen MR) is 166 cm³/mol. The van der Waals surface area contributed by atoms with E-state index >= 15 is 0 Å². The molecule has 0 fully saturated rings. The fourth-order valence-electron chi connectivity index (χ4n) is 5.93. The topological polar surface area (TPSA) is 43.9 Å². The number of fused-ring (bicyclic) bond motifs is 11. The molecule has 4 nitrogen and oxygen atoms in total. The van der Waals surface area contributed by atoms with Crippen LogP contribution in [0, 0.1) is 6.92 Å². The highest BCUT2D eigenvalue weighted by molar-refractivity contribution is 7.27. The molecule has 4 aromatic carbocycles. The first-order valence-electron chi connectivity index (χ1n) is 12.7. The van der Waals surface area contributed by atoms with Crippen LogP contribution in [0.3, 0.4) is 0 Å². The van der Waals surface area contributed by atoms with Crippen LogP contribution in [-0.2, 0) is 0 Å². The van der Waals surface area contributed by atoms with Gasteiger partial charge >= 0.3 is 0 Å². The summed E-state index contributed by atoms with van der Waals surface area (Å²) in [5.74, 6) is 0.635. The lowest BCUT2D eigenvalue weighted by atomic mass is 9.98. The highest BCUT2D eigenvalue weighted by Gasteiger charge is 2.26. The highest BCUT2D eigenvalue weighted by atomic mass is 35.5. The van der Waals surface area contributed by atoms with Crippen molar-refractivity contribution in [1.82, 2.24) is 14.5 Å². The van der Waals surface area contributed by atoms with Gasteiger partial charge in [-0.2, -0.15) is 4.98 Å². The minimum Gasteiger partial charge on any atom is -0.450 e. The highest BCUT2D eigenvalue weighted by Crippen LogP contribution is 2.47. The van der Waals surface area contributed by atoms with E-state index in [1.54, 1.807) is 11.3 Å². The summed E-state index contributed by atoms with van der Waals surface area (Å²) >= 11 is 8.40. The molecule has 0 saturated heterocycles. The van der Waals surface area contributed by atoms with Gasteiger partial charge < -0.3 is 4.42 Å². The first kappa shape index (κ1) is 22.5. The summed E-state index contributed by atoms with van der Waals surface area (Å²) in [7, 11) is 0. The molecule has 0 aliphatic carbocycles. The Morgan fingerprint density at radius 1 is 0.872 bits per heavy atom. The van der Waals surface area contributed by atoms with Gasteiger partial charge in [-0.15, -0.1) is 11.3 Å². The van der Waals surface area contributed by atoms with Crippen LogP contribution in [0.4, 0.5) is 0 Å². The van der Waals surface area contributed by atoms with Crippen LogP contribution in [0.15, 0.2) is 95.9 Å². The zero-order valence-corrected chi connectivity index (χ0v) is 22.5. The number of aromatic nitrogens is 3. The summed E-state index contributed by atoms with van der Waals surface area (Å²) in [6.07, 6.45) is 5.92. The summed E-state index contributed by atoms with van der Waals surface area (Å²) in [5, 5.41) is 7.18. The number of furan rings is 1. The molecule has 6 heteroatoms. The van der Waals surface area contributed by atoms with Crippen molar-refractivity contribution in [3.05, 3.63) is 108 Å². The maximum atomic E-state index is 6.60. The number of nitrogens with zero attached hydrogens (tertiary/aromatic N) is 3. The molecule has 0 radical (unpaired) electrons. The zero-order chi connectivity index (χ0) is 26.2. The quantitative estimate of drug-likeness (QED) is 0.165. The van der Waals surface area contributed by atoms with Crippen molar-refractivity contribution in [2.24, 2.45) is 0 Å². The van der Waals surface area contributed by atoms with Gasteiger partial charge in [-0.05, 0) is 47.5 Å². The fraction of sp³-hybridized carbons (Fsp3) is 0.0303. The number of hydrogen-bond donors (Lipinski definition) is 0. The summed E-state index contributed by atoms with van der Waals surface area (Å²) in [4.78, 5) is 9.38. The van der Waals surface area contributed by atoms with Crippen molar-refractivity contribution in [2.75, 3.05) is 0 Å². The van der Waals surface area contributed by atoms with Crippen molar-refractivity contribution < 1.29 is 4.42 Å². The van der Waals surface area contributed by atoms with E-state index in [4.69, 9.17) is 21.0 Å². The van der Waals surface area contributed by atoms with Crippen molar-refractivity contribution in [2.45, 2.75) is 6.92 Å². The molecule has 39 heavy (non-hydrogen) atoms. The number of benzene rings is 4. The van der Waals surface area contributed by atoms with E-state index in [1.807, 2.05) is 36.4 Å². The molecule has 0 atom stereocenters. The van der Waals surface area contributed by atoms with Crippen molar-refractivity contribution in [1.29, 1.82) is 0 Å². The van der Waals surface area contributed by atoms with E-state index in [1.165, 1.54) is 36.3 Å². The summed E-state index contributed by atoms with van der Waals surface area (Å²) in [6, 6.07) is 25.2. The van der Waals surface area contributed by atoms with E-state index in [-0.39, 0.29) is 5.28 Å². The molecule has 0 saturated carbocycles. The molecule has 186 valence electrons. The fourth-order valence-corrected chi connectivity index (χ4v) is 7.35. The first-order valence-corrected chi connectivity index (χ1v) is 13.9. The van der Waals surface area contributed by atoms with Crippen LogP contribution in [-0.4, -0.2) is 14.5 Å². The number of halogens is 1. The smallest absolute Gasteiger partial charge is 0.225 e. The Hall–Kier alpha value is -4.45. The lowest BCUT2D eigenvalue weighted by Crippen LogP contribution is -2.02. The van der Waals surface area contributed by atoms with Crippen molar-refractivity contribution >= 4 is 92.9 Å². The Morgan fingerprint density at radius 3 is 2.36 bits per heavy atom. The van der Waals surface area contributed by atoms with Crippen LogP contribution in [0.5, 0.6) is 0 Å². The average molecular weight is 542 g/mol. The molecule has 0 spiro atoms. The van der Waals surface area contributed by atoms with Gasteiger partial charge in [0.1, 0.15) is 11.1 Å². The Labute approximate surface area is 232 Å². The lowest BCUT2D eigenvalue weighted by Gasteiger charge is -2.10. The standard InChI is InChI=1S/C33H20ClN3OS/c1-3-4-11-19-18(2)37(32-30-28(35-33(34)36-32)22-14-7-9-16-24(22)38-30)29-26(19)20-12-5-6-13-21(20)27-23-15-8-10-17-25(23)39-31(27)29/h3-17H,1H2,2H3/b11-4-. The number of allylic oxidation sites excluding steroid dienone is 2. The molecule has 0 amide bonds. The van der Waals surface area contributed by atoms with Crippen LogP contribution in [0.1, 0.15) is 11.3 Å². The molecular weight excluding hydrogens is 522 g/mol. The van der Waals surface area contributed by atoms with E-state index in [2.05, 4.69) is 77.7 Å². The van der Waals surface area contributed by atoms with Gasteiger partial charge in [-0.1, -0.05) is 79.4 Å². The Kier molecular flexibility index (Phi) is 4.78. The van der Waals surface area contributed by atoms with Crippen LogP contribution < -0.4 is 0 Å². The largest absolute Gasteiger partial charge is 0.450 e. The molecule has 8 aromatic rings. The molecule has 4 heterocycles. The molecule has 0 aliphatic rings. The minimum atomic E-state index is 0.182. The average Bonchev–Trinajstić information content (AvgIpc) is 3.61. The second kappa shape index (κ2) is 8.27. The first-order chi connectivity index (χ1) is 19.2. The summed E-state index contributed by atoms with van der Waals surface area (Å²) in [5.41, 5.74) is 5.31. The van der Waals surface area contributed by atoms with Gasteiger partial charge in [0.25, 0.3) is 0 Å². The summed E-state index contributed by atoms with van der Waals surface area (Å²) in [6.45, 7) is 6.05. The van der Waals surface area contributed by atoms with E-state index in [9.17, 15) is 0 Å². The molecule has 0 unspecified atom stereocenters. The van der Waals surface area contributed by atoms with E-state index in [0.717, 1.165) is 27.7 Å². The second-order valence-electron chi connectivity index (χ2n) is 9.59. The summed E-state index contributed by atoms with van der Waals surface area (Å²) < 4.78 is 11.1. The molecule has 0 aliphatic heterocycles. The van der Waals surface area contributed by atoms with Crippen LogP contribution in [0.25, 0.3) is 75.8 Å². The van der Waals surface area contributed by atoms with Gasteiger partial charge in [0.15, 0.2) is 11.4 Å². The second-order valence-corrected chi connectivity index (χ2v) is 11.0.